The Labute approximate surface area is 101 Å². The van der Waals surface area contributed by atoms with E-state index in [0.717, 1.165) is 37.9 Å². The van der Waals surface area contributed by atoms with Gasteiger partial charge in [0.15, 0.2) is 0 Å². The molecule has 2 unspecified atom stereocenters. The molecule has 17 heavy (non-hydrogen) atoms. The van der Waals surface area contributed by atoms with E-state index in [4.69, 9.17) is 14.6 Å². The van der Waals surface area contributed by atoms with Crippen LogP contribution in [0.15, 0.2) is 24.5 Å². The normalized spacial score (nSPS) is 26.4. The van der Waals surface area contributed by atoms with E-state index in [2.05, 4.69) is 18.2 Å². The Morgan fingerprint density at radius 1 is 1.18 bits per heavy atom. The van der Waals surface area contributed by atoms with E-state index in [9.17, 15) is 0 Å². The van der Waals surface area contributed by atoms with Crippen molar-refractivity contribution in [2.45, 2.75) is 25.0 Å². The monoisotopic (exact) mass is 232 g/mol. The van der Waals surface area contributed by atoms with Crippen molar-refractivity contribution in [1.82, 2.24) is 0 Å². The van der Waals surface area contributed by atoms with Gasteiger partial charge in [0.05, 0.1) is 31.7 Å². The highest BCUT2D eigenvalue weighted by atomic mass is 16.6. The van der Waals surface area contributed by atoms with Gasteiger partial charge in [0.1, 0.15) is 0 Å². The lowest BCUT2D eigenvalue weighted by Gasteiger charge is -2.07. The Morgan fingerprint density at radius 2 is 1.88 bits per heavy atom. The quantitative estimate of drug-likeness (QED) is 0.624. The number of benzene rings is 1. The van der Waals surface area contributed by atoms with Crippen molar-refractivity contribution in [1.29, 1.82) is 0 Å². The molecule has 3 nitrogen and oxygen atoms in total. The summed E-state index contributed by atoms with van der Waals surface area (Å²) in [7, 11) is 0. The molecule has 2 atom stereocenters. The molecular formula is C14H16O3. The molecule has 2 fully saturated rings. The minimum atomic E-state index is 0.369. The summed E-state index contributed by atoms with van der Waals surface area (Å²) in [5.41, 5.74) is 3.62. The topological polar surface area (TPSA) is 45.3 Å². The van der Waals surface area contributed by atoms with Crippen molar-refractivity contribution >= 4 is 6.08 Å². The van der Waals surface area contributed by atoms with Gasteiger partial charge in [0, 0.05) is 12.8 Å². The van der Waals surface area contributed by atoms with E-state index in [1.165, 1.54) is 11.1 Å². The molecule has 3 rings (SSSR count). The average molecular weight is 232 g/mol. The van der Waals surface area contributed by atoms with E-state index < -0.39 is 0 Å². The number of rotatable bonds is 5. The molecule has 2 saturated heterocycles. The molecule has 0 aliphatic carbocycles. The molecule has 0 radical (unpaired) electrons. The van der Waals surface area contributed by atoms with Crippen molar-refractivity contribution in [3.8, 4) is 0 Å². The molecule has 0 amide bonds. The summed E-state index contributed by atoms with van der Waals surface area (Å²) < 4.78 is 10.5. The number of hydrogen-bond donors (Lipinski definition) is 1. The Balaban J connectivity index is 1.81. The molecule has 1 N–H and O–H groups in total. The Bertz CT molecular complexity index is 431. The van der Waals surface area contributed by atoms with Crippen LogP contribution in [-0.4, -0.2) is 30.5 Å². The van der Waals surface area contributed by atoms with Crippen LogP contribution in [0.3, 0.4) is 0 Å². The lowest BCUT2D eigenvalue weighted by atomic mass is 9.98. The van der Waals surface area contributed by atoms with E-state index in [-0.39, 0.29) is 0 Å². The zero-order valence-electron chi connectivity index (χ0n) is 9.63. The highest BCUT2D eigenvalue weighted by Gasteiger charge is 2.25. The molecular weight excluding hydrogens is 216 g/mol. The highest BCUT2D eigenvalue weighted by Crippen LogP contribution is 2.24. The van der Waals surface area contributed by atoms with Crippen LogP contribution in [0.5, 0.6) is 0 Å². The number of aliphatic hydroxyl groups is 1. The first kappa shape index (κ1) is 10.8. The molecule has 3 heteroatoms. The molecule has 2 aliphatic heterocycles. The molecule has 0 aromatic heterocycles. The van der Waals surface area contributed by atoms with Crippen molar-refractivity contribution in [2.24, 2.45) is 0 Å². The van der Waals surface area contributed by atoms with Crippen molar-refractivity contribution in [3.63, 3.8) is 0 Å². The van der Waals surface area contributed by atoms with Gasteiger partial charge in [-0.05, 0) is 22.8 Å². The molecule has 2 aliphatic rings. The Hall–Kier alpha value is -1.32. The first-order valence-corrected chi connectivity index (χ1v) is 6.01. The number of hydrogen-bond acceptors (Lipinski definition) is 3. The van der Waals surface area contributed by atoms with Crippen molar-refractivity contribution in [2.75, 3.05) is 13.2 Å². The predicted octanol–water partition coefficient (Wildman–Crippen LogP) is 2.10. The van der Waals surface area contributed by atoms with Gasteiger partial charge in [-0.1, -0.05) is 18.2 Å². The molecule has 0 spiro atoms. The van der Waals surface area contributed by atoms with Gasteiger partial charge < -0.3 is 14.6 Å². The van der Waals surface area contributed by atoms with E-state index in [1.54, 1.807) is 6.08 Å². The summed E-state index contributed by atoms with van der Waals surface area (Å²) in [5, 5.41) is 8.89. The second kappa shape index (κ2) is 4.51. The van der Waals surface area contributed by atoms with Gasteiger partial charge in [0.2, 0.25) is 0 Å². The van der Waals surface area contributed by atoms with Crippen LogP contribution in [0.2, 0.25) is 0 Å². The summed E-state index contributed by atoms with van der Waals surface area (Å²) >= 11 is 0. The maximum absolute atomic E-state index is 8.89. The summed E-state index contributed by atoms with van der Waals surface area (Å²) in [5.74, 6) is 0. The van der Waals surface area contributed by atoms with Gasteiger partial charge >= 0.3 is 0 Å². The maximum Gasteiger partial charge on any atom is 0.0850 e. The van der Waals surface area contributed by atoms with Crippen LogP contribution in [0.25, 0.3) is 6.08 Å². The lowest BCUT2D eigenvalue weighted by molar-refractivity contribution is 0.406. The maximum atomic E-state index is 8.89. The van der Waals surface area contributed by atoms with Crippen LogP contribution >= 0.6 is 0 Å². The number of ether oxygens (including phenoxy) is 2. The minimum absolute atomic E-state index is 0.369. The summed E-state index contributed by atoms with van der Waals surface area (Å²) in [4.78, 5) is 0. The standard InChI is InChI=1S/C14H16O3/c15-4-3-11-2-1-10(6-13-8-16-13)5-12(11)7-14-9-17-14/h1-5,13-15H,6-9H2. The minimum Gasteiger partial charge on any atom is -0.516 e. The summed E-state index contributed by atoms with van der Waals surface area (Å²) in [6.45, 7) is 1.75. The second-order valence-corrected chi connectivity index (χ2v) is 4.67. The fourth-order valence-electron chi connectivity index (χ4n) is 2.09. The van der Waals surface area contributed by atoms with E-state index >= 15 is 0 Å². The molecule has 1 aromatic carbocycles. The lowest BCUT2D eigenvalue weighted by Crippen LogP contribution is -2.00. The first-order valence-electron chi connectivity index (χ1n) is 6.01. The van der Waals surface area contributed by atoms with Crippen LogP contribution in [0.4, 0.5) is 0 Å². The molecule has 0 bridgehead atoms. The van der Waals surface area contributed by atoms with Gasteiger partial charge in [-0.15, -0.1) is 0 Å². The summed E-state index contributed by atoms with van der Waals surface area (Å²) in [6, 6.07) is 6.37. The van der Waals surface area contributed by atoms with Crippen LogP contribution in [-0.2, 0) is 22.3 Å². The van der Waals surface area contributed by atoms with Crippen LogP contribution in [0, 0.1) is 0 Å². The van der Waals surface area contributed by atoms with Crippen LogP contribution < -0.4 is 0 Å². The van der Waals surface area contributed by atoms with Gasteiger partial charge in [-0.2, -0.15) is 0 Å². The second-order valence-electron chi connectivity index (χ2n) is 4.67. The largest absolute Gasteiger partial charge is 0.516 e. The third-order valence-electron chi connectivity index (χ3n) is 3.18. The van der Waals surface area contributed by atoms with E-state index in [1.807, 2.05) is 0 Å². The Morgan fingerprint density at radius 3 is 2.53 bits per heavy atom. The third-order valence-corrected chi connectivity index (χ3v) is 3.18. The average Bonchev–Trinajstić information content (AvgIpc) is 3.17. The highest BCUT2D eigenvalue weighted by molar-refractivity contribution is 5.54. The third kappa shape index (κ3) is 2.87. The van der Waals surface area contributed by atoms with Gasteiger partial charge in [-0.25, -0.2) is 0 Å². The molecule has 2 heterocycles. The van der Waals surface area contributed by atoms with Gasteiger partial charge in [0.25, 0.3) is 0 Å². The van der Waals surface area contributed by atoms with Crippen LogP contribution in [0.1, 0.15) is 16.7 Å². The van der Waals surface area contributed by atoms with E-state index in [0.29, 0.717) is 12.2 Å². The van der Waals surface area contributed by atoms with Crippen molar-refractivity contribution in [3.05, 3.63) is 41.2 Å². The zero-order valence-corrected chi connectivity index (χ0v) is 9.63. The van der Waals surface area contributed by atoms with Gasteiger partial charge in [-0.3, -0.25) is 0 Å². The smallest absolute Gasteiger partial charge is 0.0850 e. The Kier molecular flexibility index (Phi) is 2.87. The molecule has 1 aromatic rings. The summed E-state index contributed by atoms with van der Waals surface area (Å²) in [6.07, 6.45) is 5.53. The predicted molar refractivity (Wildman–Crippen MR) is 65.0 cm³/mol. The SMILES string of the molecule is OC=Cc1ccc(CC2CO2)cc1CC1CO1. The zero-order chi connectivity index (χ0) is 11.7. The number of aliphatic hydroxyl groups excluding tert-OH is 1. The fourth-order valence-corrected chi connectivity index (χ4v) is 2.09. The molecule has 90 valence electrons. The number of epoxide rings is 2. The fraction of sp³-hybridized carbons (Fsp3) is 0.429. The van der Waals surface area contributed by atoms with Crippen molar-refractivity contribution < 1.29 is 14.6 Å². The molecule has 0 saturated carbocycles. The first-order chi connectivity index (χ1) is 8.35.